The van der Waals surface area contributed by atoms with Crippen molar-refractivity contribution in [2.75, 3.05) is 17.6 Å². The van der Waals surface area contributed by atoms with Crippen LogP contribution in [-0.4, -0.2) is 31.1 Å². The second kappa shape index (κ2) is 9.92. The number of sulfone groups is 1. The molecule has 1 fully saturated rings. The van der Waals surface area contributed by atoms with Gasteiger partial charge in [0.2, 0.25) is 0 Å². The average molecular weight is 501 g/mol. The van der Waals surface area contributed by atoms with Crippen LogP contribution < -0.4 is 5.32 Å². The van der Waals surface area contributed by atoms with Crippen molar-refractivity contribution < 1.29 is 26.7 Å². The molecular weight excluding hydrogens is 477 g/mol. The van der Waals surface area contributed by atoms with Crippen molar-refractivity contribution in [3.8, 4) is 6.07 Å². The van der Waals surface area contributed by atoms with Crippen LogP contribution in [0.15, 0.2) is 42.5 Å². The molecule has 0 aromatic heterocycles. The van der Waals surface area contributed by atoms with Gasteiger partial charge in [-0.25, -0.2) is 8.42 Å². The van der Waals surface area contributed by atoms with Gasteiger partial charge in [-0.3, -0.25) is 0 Å². The number of aliphatic hydroxyl groups is 1. The largest absolute Gasteiger partial charge is 0.416 e. The lowest BCUT2D eigenvalue weighted by Gasteiger charge is -2.32. The number of anilines is 1. The summed E-state index contributed by atoms with van der Waals surface area (Å²) in [6.45, 7) is -0.285. The van der Waals surface area contributed by atoms with E-state index in [-0.39, 0.29) is 22.7 Å². The average Bonchev–Trinajstić information content (AvgIpc) is 2.78. The lowest BCUT2D eigenvalue weighted by Crippen LogP contribution is -2.44. The Morgan fingerprint density at radius 3 is 2.21 bits per heavy atom. The van der Waals surface area contributed by atoms with Gasteiger partial charge in [-0.05, 0) is 48.7 Å². The van der Waals surface area contributed by atoms with E-state index in [0.717, 1.165) is 43.5 Å². The summed E-state index contributed by atoms with van der Waals surface area (Å²) in [5, 5.41) is 23.0. The number of nitriles is 1. The molecule has 0 bridgehead atoms. The van der Waals surface area contributed by atoms with E-state index in [0.29, 0.717) is 18.5 Å². The summed E-state index contributed by atoms with van der Waals surface area (Å²) in [5.74, 6) is -0.632. The zero-order valence-electron chi connectivity index (χ0n) is 17.7. The molecule has 0 aliphatic heterocycles. The number of rotatable bonds is 7. The molecule has 3 rings (SSSR count). The van der Waals surface area contributed by atoms with Crippen molar-refractivity contribution >= 4 is 27.1 Å². The van der Waals surface area contributed by atoms with Crippen molar-refractivity contribution in [1.82, 2.24) is 0 Å². The Kier molecular flexibility index (Phi) is 7.62. The normalized spacial score (nSPS) is 17.2. The molecule has 5 nitrogen and oxygen atoms in total. The molecule has 1 aliphatic carbocycles. The highest BCUT2D eigenvalue weighted by Gasteiger charge is 2.40. The predicted molar refractivity (Wildman–Crippen MR) is 121 cm³/mol. The second-order valence-electron chi connectivity index (χ2n) is 8.33. The van der Waals surface area contributed by atoms with Crippen LogP contribution in [0.2, 0.25) is 5.02 Å². The van der Waals surface area contributed by atoms with E-state index < -0.39 is 38.2 Å². The first-order chi connectivity index (χ1) is 15.4. The van der Waals surface area contributed by atoms with E-state index in [1.165, 1.54) is 12.1 Å². The van der Waals surface area contributed by atoms with E-state index >= 15 is 0 Å². The fourth-order valence-electron chi connectivity index (χ4n) is 4.04. The molecule has 0 heterocycles. The topological polar surface area (TPSA) is 90.2 Å². The Bertz CT molecular complexity index is 1130. The molecule has 1 aliphatic rings. The maximum Gasteiger partial charge on any atom is 0.416 e. The monoisotopic (exact) mass is 500 g/mol. The quantitative estimate of drug-likeness (QED) is 0.540. The third-order valence-corrected chi connectivity index (χ3v) is 8.60. The molecule has 0 saturated heterocycles. The van der Waals surface area contributed by atoms with Gasteiger partial charge in [0.1, 0.15) is 11.7 Å². The molecular formula is C23H24ClF3N2O3S. The van der Waals surface area contributed by atoms with Crippen molar-refractivity contribution in [3.05, 3.63) is 64.2 Å². The number of halogens is 4. The van der Waals surface area contributed by atoms with Crippen LogP contribution in [0.4, 0.5) is 18.9 Å². The standard InChI is InChI=1S/C23H24ClF3N2O3S/c24-21-12-19(11-6-16(21)13-28)29-14-22(30,15-33(31,32)20-4-2-1-3-5-20)17-7-9-18(10-8-17)23(25,26)27/h6-12,20,29-30H,1-5,14-15H2. The fourth-order valence-corrected chi connectivity index (χ4v) is 6.49. The highest BCUT2D eigenvalue weighted by Crippen LogP contribution is 2.34. The summed E-state index contributed by atoms with van der Waals surface area (Å²) in [7, 11) is -3.73. The van der Waals surface area contributed by atoms with Crippen LogP contribution in [0.1, 0.15) is 48.8 Å². The minimum Gasteiger partial charge on any atom is -0.382 e. The van der Waals surface area contributed by atoms with Crippen LogP contribution in [0, 0.1) is 11.3 Å². The molecule has 2 N–H and O–H groups in total. The van der Waals surface area contributed by atoms with E-state index in [2.05, 4.69) is 5.32 Å². The van der Waals surface area contributed by atoms with Crippen molar-refractivity contribution in [1.29, 1.82) is 5.26 Å². The minimum absolute atomic E-state index is 0.0575. The fraction of sp³-hybridized carbons (Fsp3) is 0.435. The Morgan fingerprint density at radius 2 is 1.67 bits per heavy atom. The summed E-state index contributed by atoms with van der Waals surface area (Å²) < 4.78 is 65.2. The number of hydrogen-bond acceptors (Lipinski definition) is 5. The smallest absolute Gasteiger partial charge is 0.382 e. The molecule has 0 spiro atoms. The van der Waals surface area contributed by atoms with Gasteiger partial charge >= 0.3 is 6.18 Å². The van der Waals surface area contributed by atoms with Gasteiger partial charge in [-0.2, -0.15) is 18.4 Å². The molecule has 0 amide bonds. The zero-order valence-corrected chi connectivity index (χ0v) is 19.3. The number of nitrogens with one attached hydrogen (secondary N) is 1. The summed E-state index contributed by atoms with van der Waals surface area (Å²) in [6.07, 6.45) is -1.03. The molecule has 0 radical (unpaired) electrons. The van der Waals surface area contributed by atoms with Gasteiger partial charge in [0.15, 0.2) is 9.84 Å². The highest BCUT2D eigenvalue weighted by atomic mass is 35.5. The number of hydrogen-bond donors (Lipinski definition) is 2. The third kappa shape index (κ3) is 6.19. The highest BCUT2D eigenvalue weighted by molar-refractivity contribution is 7.92. The van der Waals surface area contributed by atoms with Gasteiger partial charge in [-0.15, -0.1) is 0 Å². The second-order valence-corrected chi connectivity index (χ2v) is 11.0. The summed E-state index contributed by atoms with van der Waals surface area (Å²) in [5.41, 5.74) is -2.14. The molecule has 2 aromatic rings. The summed E-state index contributed by atoms with van der Waals surface area (Å²) >= 11 is 6.04. The Hall–Kier alpha value is -2.28. The van der Waals surface area contributed by atoms with Crippen LogP contribution in [-0.2, 0) is 21.6 Å². The molecule has 10 heteroatoms. The number of alkyl halides is 3. The Labute approximate surface area is 196 Å². The van der Waals surface area contributed by atoms with Crippen molar-refractivity contribution in [2.45, 2.75) is 49.1 Å². The SMILES string of the molecule is N#Cc1ccc(NCC(O)(CS(=O)(=O)C2CCCCC2)c2ccc(C(F)(F)F)cc2)cc1Cl. The van der Waals surface area contributed by atoms with E-state index in [1.807, 2.05) is 6.07 Å². The van der Waals surface area contributed by atoms with Crippen molar-refractivity contribution in [2.24, 2.45) is 0 Å². The van der Waals surface area contributed by atoms with Gasteiger partial charge in [0, 0.05) is 12.2 Å². The maximum atomic E-state index is 13.1. The van der Waals surface area contributed by atoms with E-state index in [1.54, 1.807) is 6.07 Å². The third-order valence-electron chi connectivity index (χ3n) is 5.92. The summed E-state index contributed by atoms with van der Waals surface area (Å²) in [4.78, 5) is 0. The van der Waals surface area contributed by atoms with Gasteiger partial charge in [0.05, 0.1) is 27.2 Å². The van der Waals surface area contributed by atoms with Crippen LogP contribution in [0.3, 0.4) is 0 Å². The lowest BCUT2D eigenvalue weighted by atomic mass is 9.94. The van der Waals surface area contributed by atoms with Gasteiger partial charge in [-0.1, -0.05) is 43.0 Å². The Morgan fingerprint density at radius 1 is 1.06 bits per heavy atom. The number of nitrogens with zero attached hydrogens (tertiary/aromatic N) is 1. The maximum absolute atomic E-state index is 13.1. The first-order valence-electron chi connectivity index (χ1n) is 10.5. The Balaban J connectivity index is 1.91. The van der Waals surface area contributed by atoms with E-state index in [9.17, 15) is 26.7 Å². The molecule has 33 heavy (non-hydrogen) atoms. The summed E-state index contributed by atoms with van der Waals surface area (Å²) in [6, 6.07) is 10.3. The predicted octanol–water partition coefficient (Wildman–Crippen LogP) is 5.28. The van der Waals surface area contributed by atoms with Crippen LogP contribution >= 0.6 is 11.6 Å². The molecule has 1 saturated carbocycles. The van der Waals surface area contributed by atoms with Crippen LogP contribution in [0.25, 0.3) is 0 Å². The van der Waals surface area contributed by atoms with Crippen LogP contribution in [0.5, 0.6) is 0 Å². The molecule has 1 unspecified atom stereocenters. The van der Waals surface area contributed by atoms with Gasteiger partial charge in [0.25, 0.3) is 0 Å². The van der Waals surface area contributed by atoms with Gasteiger partial charge < -0.3 is 10.4 Å². The van der Waals surface area contributed by atoms with E-state index in [4.69, 9.17) is 16.9 Å². The van der Waals surface area contributed by atoms with Crippen molar-refractivity contribution in [3.63, 3.8) is 0 Å². The first kappa shape index (κ1) is 25.3. The molecule has 1 atom stereocenters. The minimum atomic E-state index is -4.55. The molecule has 2 aromatic carbocycles. The first-order valence-corrected chi connectivity index (χ1v) is 12.6. The zero-order chi connectivity index (χ0) is 24.3. The molecule has 178 valence electrons. The lowest BCUT2D eigenvalue weighted by molar-refractivity contribution is -0.137. The number of benzene rings is 2.